The first-order valence-corrected chi connectivity index (χ1v) is 21.0. The Morgan fingerprint density at radius 2 is 1.54 bits per heavy atom. The number of fused-ring (bicyclic) bond motifs is 5. The van der Waals surface area contributed by atoms with Crippen molar-refractivity contribution in [1.82, 2.24) is 0 Å². The van der Waals surface area contributed by atoms with Gasteiger partial charge < -0.3 is 4.74 Å². The highest BCUT2D eigenvalue weighted by molar-refractivity contribution is 5.72. The van der Waals surface area contributed by atoms with Crippen LogP contribution in [-0.2, 0) is 9.53 Å². The molecule has 0 bridgehead atoms. The largest absolute Gasteiger partial charge is 0.462 e. The number of ether oxygens (including phenoxy) is 1. The quantitative estimate of drug-likeness (QED) is 0.167. The number of carbonyl (C=O) groups excluding carboxylic acids is 1. The van der Waals surface area contributed by atoms with Crippen LogP contribution in [0, 0.1) is 70.0 Å². The zero-order chi connectivity index (χ0) is 32.5. The summed E-state index contributed by atoms with van der Waals surface area (Å²) in [5.74, 6) is 8.39. The Hall–Kier alpha value is -0.790. The zero-order valence-corrected chi connectivity index (χ0v) is 31.3. The fourth-order valence-corrected chi connectivity index (χ4v) is 13.3. The van der Waals surface area contributed by atoms with Crippen LogP contribution in [0.1, 0.15) is 183 Å². The topological polar surface area (TPSA) is 26.3 Å². The Labute approximate surface area is 285 Å². The molecule has 0 spiro atoms. The molecular formula is C44H74O2. The van der Waals surface area contributed by atoms with Crippen LogP contribution < -0.4 is 0 Å². The molecule has 2 nitrogen and oxygen atoms in total. The van der Waals surface area contributed by atoms with E-state index >= 15 is 0 Å². The smallest absolute Gasteiger partial charge is 0.309 e. The van der Waals surface area contributed by atoms with Gasteiger partial charge in [0.05, 0.1) is 5.92 Å². The predicted molar refractivity (Wildman–Crippen MR) is 193 cm³/mol. The zero-order valence-electron chi connectivity index (χ0n) is 31.3. The molecule has 0 radical (unpaired) electrons. The highest BCUT2D eigenvalue weighted by atomic mass is 16.5. The molecule has 262 valence electrons. The fourth-order valence-electron chi connectivity index (χ4n) is 13.3. The molecule has 46 heavy (non-hydrogen) atoms. The van der Waals surface area contributed by atoms with Gasteiger partial charge in [-0.25, -0.2) is 0 Å². The highest BCUT2D eigenvalue weighted by Gasteiger charge is 2.59. The molecule has 8 atom stereocenters. The number of rotatable bonds is 11. The average molecular weight is 635 g/mol. The Bertz CT molecular complexity index is 1030. The molecule has 6 aliphatic rings. The predicted octanol–water partition coefficient (Wildman–Crippen LogP) is 12.7. The number of carbonyl (C=O) groups is 1. The molecule has 0 N–H and O–H groups in total. The average Bonchev–Trinajstić information content (AvgIpc) is 3.41. The molecular weight excluding hydrogens is 560 g/mol. The lowest BCUT2D eigenvalue weighted by atomic mass is 9.47. The molecule has 0 aliphatic heterocycles. The van der Waals surface area contributed by atoms with E-state index in [9.17, 15) is 4.79 Å². The van der Waals surface area contributed by atoms with Crippen LogP contribution in [0.4, 0.5) is 0 Å². The van der Waals surface area contributed by atoms with Crippen LogP contribution >= 0.6 is 0 Å². The van der Waals surface area contributed by atoms with Gasteiger partial charge in [-0.1, -0.05) is 105 Å². The van der Waals surface area contributed by atoms with Gasteiger partial charge in [0.1, 0.15) is 6.10 Å². The minimum Gasteiger partial charge on any atom is -0.462 e. The molecule has 0 saturated heterocycles. The summed E-state index contributed by atoms with van der Waals surface area (Å²) >= 11 is 0. The summed E-state index contributed by atoms with van der Waals surface area (Å²) in [7, 11) is 0. The molecule has 0 aromatic rings. The van der Waals surface area contributed by atoms with Crippen LogP contribution in [-0.4, -0.2) is 12.1 Å². The van der Waals surface area contributed by atoms with E-state index < -0.39 is 0 Å². The van der Waals surface area contributed by atoms with E-state index in [1.165, 1.54) is 116 Å². The fraction of sp³-hybridized carbons (Fsp3) is 0.932. The van der Waals surface area contributed by atoms with Crippen LogP contribution in [0.15, 0.2) is 11.6 Å². The monoisotopic (exact) mass is 635 g/mol. The molecule has 6 aliphatic carbocycles. The van der Waals surface area contributed by atoms with E-state index in [0.717, 1.165) is 78.9 Å². The first-order chi connectivity index (χ1) is 22.1. The van der Waals surface area contributed by atoms with Crippen molar-refractivity contribution < 1.29 is 9.53 Å². The van der Waals surface area contributed by atoms with Gasteiger partial charge in [-0.3, -0.25) is 4.79 Å². The molecule has 0 amide bonds. The van der Waals surface area contributed by atoms with Crippen molar-refractivity contribution in [3.8, 4) is 0 Å². The van der Waals surface area contributed by atoms with E-state index in [2.05, 4.69) is 47.6 Å². The standard InChI is InChI=1S/C44H74O2/c1-7-8-12-32-13-15-33(16-14-32)34-17-19-35(20-18-34)42(45)46-37-25-27-43(5)36(29-37)21-22-38-40-24-23-39(31(4)11-9-10-30(2)3)44(40,6)28-26-41(38)43/h21,30-35,37-41H,7-20,22-29H2,1-6H3/t31?,32?,33?,34?,35?,37-,38?,39+,40?,41?,43-,44+/m0/s1. The third-order valence-corrected chi connectivity index (χ3v) is 16.2. The normalized spacial score (nSPS) is 43.3. The summed E-state index contributed by atoms with van der Waals surface area (Å²) in [4.78, 5) is 13.5. The molecule has 2 heteroatoms. The molecule has 0 aromatic heterocycles. The van der Waals surface area contributed by atoms with Crippen molar-refractivity contribution >= 4 is 5.97 Å². The lowest BCUT2D eigenvalue weighted by Gasteiger charge is -2.58. The van der Waals surface area contributed by atoms with Gasteiger partial charge in [0.25, 0.3) is 0 Å². The van der Waals surface area contributed by atoms with Crippen molar-refractivity contribution in [3.63, 3.8) is 0 Å². The number of allylic oxidation sites excluding steroid dienone is 1. The molecule has 5 saturated carbocycles. The molecule has 4 unspecified atom stereocenters. The van der Waals surface area contributed by atoms with E-state index in [4.69, 9.17) is 4.74 Å². The Kier molecular flexibility index (Phi) is 11.4. The number of hydrogen-bond donors (Lipinski definition) is 0. The Morgan fingerprint density at radius 1 is 0.826 bits per heavy atom. The summed E-state index contributed by atoms with van der Waals surface area (Å²) in [6, 6.07) is 0. The van der Waals surface area contributed by atoms with Crippen LogP contribution in [0.25, 0.3) is 0 Å². The Balaban J connectivity index is 0.984. The second-order valence-electron chi connectivity index (χ2n) is 19.1. The number of esters is 1. The summed E-state index contributed by atoms with van der Waals surface area (Å²) < 4.78 is 6.39. The van der Waals surface area contributed by atoms with Gasteiger partial charge in [-0.2, -0.15) is 0 Å². The lowest BCUT2D eigenvalue weighted by Crippen LogP contribution is -2.51. The van der Waals surface area contributed by atoms with Crippen molar-refractivity contribution in [3.05, 3.63) is 11.6 Å². The highest BCUT2D eigenvalue weighted by Crippen LogP contribution is 2.67. The summed E-state index contributed by atoms with van der Waals surface area (Å²) in [5, 5.41) is 0. The van der Waals surface area contributed by atoms with Gasteiger partial charge in [0.2, 0.25) is 0 Å². The van der Waals surface area contributed by atoms with Gasteiger partial charge in [-0.15, -0.1) is 0 Å². The van der Waals surface area contributed by atoms with Gasteiger partial charge >= 0.3 is 5.97 Å². The molecule has 0 heterocycles. The maximum Gasteiger partial charge on any atom is 0.309 e. The first-order valence-electron chi connectivity index (χ1n) is 21.0. The second-order valence-corrected chi connectivity index (χ2v) is 19.1. The van der Waals surface area contributed by atoms with Crippen molar-refractivity contribution in [2.45, 2.75) is 189 Å². The van der Waals surface area contributed by atoms with E-state index in [-0.39, 0.29) is 18.0 Å². The maximum absolute atomic E-state index is 13.5. The summed E-state index contributed by atoms with van der Waals surface area (Å²) in [6.07, 6.45) is 32.2. The van der Waals surface area contributed by atoms with Gasteiger partial charge in [-0.05, 0) is 148 Å². The number of unbranched alkanes of at least 4 members (excludes halogenated alkanes) is 1. The second kappa shape index (κ2) is 15.0. The molecule has 5 fully saturated rings. The van der Waals surface area contributed by atoms with E-state index in [0.29, 0.717) is 10.8 Å². The van der Waals surface area contributed by atoms with Crippen LogP contribution in [0.2, 0.25) is 0 Å². The maximum atomic E-state index is 13.5. The molecule has 0 aromatic carbocycles. The lowest BCUT2D eigenvalue weighted by molar-refractivity contribution is -0.158. The minimum absolute atomic E-state index is 0.121. The number of hydrogen-bond acceptors (Lipinski definition) is 2. The van der Waals surface area contributed by atoms with E-state index in [1.54, 1.807) is 5.57 Å². The van der Waals surface area contributed by atoms with Gasteiger partial charge in [0, 0.05) is 6.42 Å². The third-order valence-electron chi connectivity index (χ3n) is 16.2. The van der Waals surface area contributed by atoms with Crippen molar-refractivity contribution in [2.75, 3.05) is 0 Å². The Morgan fingerprint density at radius 3 is 2.24 bits per heavy atom. The summed E-state index contributed by atoms with van der Waals surface area (Å²) in [5.41, 5.74) is 2.55. The van der Waals surface area contributed by atoms with Crippen LogP contribution in [0.3, 0.4) is 0 Å². The molecule has 6 rings (SSSR count). The SMILES string of the molecule is CCCCC1CCC(C2CCC(C(=O)O[C@H]3CC[C@@]4(C)C(=CCC5C4CC[C@@]4(C)C5CC[C@@H]4C(C)CCCC(C)C)C3)CC2)CC1. The van der Waals surface area contributed by atoms with Gasteiger partial charge in [0.15, 0.2) is 0 Å². The minimum atomic E-state index is 0.121. The van der Waals surface area contributed by atoms with Crippen LogP contribution in [0.5, 0.6) is 0 Å². The summed E-state index contributed by atoms with van der Waals surface area (Å²) in [6.45, 7) is 15.0. The van der Waals surface area contributed by atoms with E-state index in [1.807, 2.05) is 0 Å². The third kappa shape index (κ3) is 7.23. The van der Waals surface area contributed by atoms with Crippen molar-refractivity contribution in [1.29, 1.82) is 0 Å². The first kappa shape index (κ1) is 35.1. The van der Waals surface area contributed by atoms with Crippen molar-refractivity contribution in [2.24, 2.45) is 70.0 Å².